The van der Waals surface area contributed by atoms with Crippen molar-refractivity contribution in [1.82, 2.24) is 9.80 Å². The molecular weight excluding hydrogens is 665 g/mol. The van der Waals surface area contributed by atoms with Crippen molar-refractivity contribution in [3.8, 4) is 0 Å². The average Bonchev–Trinajstić information content (AvgIpc) is 3.51. The van der Waals surface area contributed by atoms with Crippen molar-refractivity contribution >= 4 is 5.91 Å². The predicted octanol–water partition coefficient (Wildman–Crippen LogP) is 14.1. The summed E-state index contributed by atoms with van der Waals surface area (Å²) in [5, 5.41) is 0. The van der Waals surface area contributed by atoms with Gasteiger partial charge in [0.15, 0.2) is 5.79 Å². The molecule has 2 heterocycles. The lowest BCUT2D eigenvalue weighted by atomic mass is 9.91. The summed E-state index contributed by atoms with van der Waals surface area (Å²) in [6, 6.07) is 0. The summed E-state index contributed by atoms with van der Waals surface area (Å²) in [6.45, 7) is 7.83. The molecule has 1 spiro atoms. The van der Waals surface area contributed by atoms with E-state index in [1.165, 1.54) is 161 Å². The molecule has 2 fully saturated rings. The second kappa shape index (κ2) is 32.6. The topological polar surface area (TPSA) is 42.0 Å². The molecule has 314 valence electrons. The number of likely N-dealkylation sites (tertiary alicyclic amines) is 1. The number of allylic oxidation sites excluding steroid dienone is 6. The lowest BCUT2D eigenvalue weighted by Crippen LogP contribution is -2.49. The van der Waals surface area contributed by atoms with Crippen LogP contribution in [0.15, 0.2) is 36.5 Å². The summed E-state index contributed by atoms with van der Waals surface area (Å²) in [6.07, 6.45) is 53.6. The van der Waals surface area contributed by atoms with Gasteiger partial charge in [-0.1, -0.05) is 147 Å². The standard InChI is InChI=1S/C49H90N2O3/c1-5-7-9-11-13-15-17-19-21-23-25-27-29-31-33-35-39-49(40-36-34-32-30-28-26-24-22-20-18-16-14-12-10-8-6-2)53-46-48(54-49)41-44-51(45-42-48)47(52)38-37-43-50(3)4/h13,15,19-22H,5-12,14,16-18,23-46H2,1-4H3. The third-order valence-electron chi connectivity index (χ3n) is 11.9. The minimum atomic E-state index is -0.423. The molecule has 1 unspecified atom stereocenters. The third-order valence-corrected chi connectivity index (χ3v) is 11.9. The zero-order valence-corrected chi connectivity index (χ0v) is 36.5. The maximum absolute atomic E-state index is 12.9. The Morgan fingerprint density at radius 2 is 1.00 bits per heavy atom. The first-order chi connectivity index (χ1) is 26.4. The molecule has 0 saturated carbocycles. The maximum Gasteiger partial charge on any atom is 0.222 e. The van der Waals surface area contributed by atoms with Crippen LogP contribution in [0.5, 0.6) is 0 Å². The molecule has 2 saturated heterocycles. The summed E-state index contributed by atoms with van der Waals surface area (Å²) in [4.78, 5) is 17.1. The van der Waals surface area contributed by atoms with Gasteiger partial charge >= 0.3 is 0 Å². The fourth-order valence-electron chi connectivity index (χ4n) is 8.23. The maximum atomic E-state index is 12.9. The Balaban J connectivity index is 1.67. The molecule has 0 N–H and O–H groups in total. The Kier molecular flexibility index (Phi) is 29.4. The van der Waals surface area contributed by atoms with Gasteiger partial charge in [0.1, 0.15) is 0 Å². The first kappa shape index (κ1) is 48.7. The van der Waals surface area contributed by atoms with E-state index in [0.717, 1.165) is 58.2 Å². The van der Waals surface area contributed by atoms with Gasteiger partial charge in [0.25, 0.3) is 0 Å². The summed E-state index contributed by atoms with van der Waals surface area (Å²) < 4.78 is 13.8. The first-order valence-electron chi connectivity index (χ1n) is 23.7. The number of piperidine rings is 1. The van der Waals surface area contributed by atoms with Crippen LogP contribution in [0.2, 0.25) is 0 Å². The van der Waals surface area contributed by atoms with E-state index >= 15 is 0 Å². The molecule has 2 aliphatic heterocycles. The average molecular weight is 755 g/mol. The van der Waals surface area contributed by atoms with Gasteiger partial charge in [-0.2, -0.15) is 0 Å². The van der Waals surface area contributed by atoms with Gasteiger partial charge < -0.3 is 19.3 Å². The quantitative estimate of drug-likeness (QED) is 0.0477. The van der Waals surface area contributed by atoms with Crippen LogP contribution in [0.4, 0.5) is 0 Å². The summed E-state index contributed by atoms with van der Waals surface area (Å²) in [5.41, 5.74) is -0.207. The highest BCUT2D eigenvalue weighted by Gasteiger charge is 2.51. The van der Waals surface area contributed by atoms with Crippen molar-refractivity contribution in [2.24, 2.45) is 0 Å². The van der Waals surface area contributed by atoms with Gasteiger partial charge in [-0.05, 0) is 111 Å². The van der Waals surface area contributed by atoms with Gasteiger partial charge in [-0.3, -0.25) is 4.79 Å². The molecule has 2 aliphatic rings. The highest BCUT2D eigenvalue weighted by Crippen LogP contribution is 2.44. The van der Waals surface area contributed by atoms with Gasteiger partial charge in [-0.25, -0.2) is 0 Å². The minimum Gasteiger partial charge on any atom is -0.347 e. The SMILES string of the molecule is CCCCCC=CCC=CCCCCCCCCC1(CCCCCCCCC=CCCCCCCCC)OCC2(CCN(C(=O)CCCN(C)C)CC2)O1. The lowest BCUT2D eigenvalue weighted by Gasteiger charge is -2.39. The highest BCUT2D eigenvalue weighted by atomic mass is 16.8. The van der Waals surface area contributed by atoms with Crippen molar-refractivity contribution in [3.05, 3.63) is 36.5 Å². The lowest BCUT2D eigenvalue weighted by molar-refractivity contribution is -0.204. The molecule has 0 bridgehead atoms. The molecule has 2 rings (SSSR count). The molecule has 0 aromatic carbocycles. The number of hydrogen-bond donors (Lipinski definition) is 0. The first-order valence-corrected chi connectivity index (χ1v) is 23.7. The zero-order valence-electron chi connectivity index (χ0n) is 36.5. The largest absolute Gasteiger partial charge is 0.347 e. The number of nitrogens with zero attached hydrogens (tertiary/aromatic N) is 2. The summed E-state index contributed by atoms with van der Waals surface area (Å²) >= 11 is 0. The van der Waals surface area contributed by atoms with Crippen LogP contribution in [0.1, 0.15) is 219 Å². The fourth-order valence-corrected chi connectivity index (χ4v) is 8.23. The van der Waals surface area contributed by atoms with Gasteiger partial charge in [0, 0.05) is 32.4 Å². The third kappa shape index (κ3) is 24.3. The van der Waals surface area contributed by atoms with E-state index in [1.54, 1.807) is 0 Å². The number of carbonyl (C=O) groups is 1. The van der Waals surface area contributed by atoms with E-state index in [-0.39, 0.29) is 5.60 Å². The molecule has 0 aromatic heterocycles. The van der Waals surface area contributed by atoms with E-state index in [0.29, 0.717) is 18.9 Å². The number of rotatable bonds is 35. The van der Waals surface area contributed by atoms with Gasteiger partial charge in [0.2, 0.25) is 5.91 Å². The normalized spacial score (nSPS) is 18.9. The highest BCUT2D eigenvalue weighted by molar-refractivity contribution is 5.76. The van der Waals surface area contributed by atoms with Crippen LogP contribution >= 0.6 is 0 Å². The van der Waals surface area contributed by atoms with Crippen LogP contribution in [0.25, 0.3) is 0 Å². The molecule has 0 radical (unpaired) electrons. The Morgan fingerprint density at radius 1 is 0.574 bits per heavy atom. The minimum absolute atomic E-state index is 0.207. The van der Waals surface area contributed by atoms with Gasteiger partial charge in [-0.15, -0.1) is 0 Å². The predicted molar refractivity (Wildman–Crippen MR) is 234 cm³/mol. The van der Waals surface area contributed by atoms with E-state index in [9.17, 15) is 4.79 Å². The number of unbranched alkanes of at least 4 members (excludes halogenated alkanes) is 21. The van der Waals surface area contributed by atoms with Crippen molar-refractivity contribution < 1.29 is 14.3 Å². The molecule has 5 heteroatoms. The van der Waals surface area contributed by atoms with E-state index in [2.05, 4.69) is 74.2 Å². The molecule has 54 heavy (non-hydrogen) atoms. The molecule has 0 aromatic rings. The number of carbonyl (C=O) groups excluding carboxylic acids is 1. The molecular formula is C49H90N2O3. The summed E-state index contributed by atoms with van der Waals surface area (Å²) in [5.74, 6) is -0.115. The molecule has 5 nitrogen and oxygen atoms in total. The van der Waals surface area contributed by atoms with E-state index < -0.39 is 5.79 Å². The molecule has 1 amide bonds. The Bertz CT molecular complexity index is 966. The molecule has 0 aliphatic carbocycles. The van der Waals surface area contributed by atoms with Crippen LogP contribution < -0.4 is 0 Å². The zero-order chi connectivity index (χ0) is 38.8. The Morgan fingerprint density at radius 3 is 1.50 bits per heavy atom. The van der Waals surface area contributed by atoms with Crippen LogP contribution in [0.3, 0.4) is 0 Å². The smallest absolute Gasteiger partial charge is 0.222 e. The molecule has 1 atom stereocenters. The Hall–Kier alpha value is -1.43. The van der Waals surface area contributed by atoms with Crippen LogP contribution in [-0.4, -0.2) is 67.4 Å². The van der Waals surface area contributed by atoms with Crippen molar-refractivity contribution in [2.75, 3.05) is 40.3 Å². The summed E-state index contributed by atoms with van der Waals surface area (Å²) in [7, 11) is 4.15. The van der Waals surface area contributed by atoms with Crippen LogP contribution in [-0.2, 0) is 14.3 Å². The number of hydrogen-bond acceptors (Lipinski definition) is 4. The fraction of sp³-hybridized carbons (Fsp3) is 0.857. The van der Waals surface area contributed by atoms with Gasteiger partial charge in [0.05, 0.1) is 12.2 Å². The van der Waals surface area contributed by atoms with E-state index in [1.807, 2.05) is 0 Å². The van der Waals surface area contributed by atoms with Crippen molar-refractivity contribution in [1.29, 1.82) is 0 Å². The van der Waals surface area contributed by atoms with Crippen molar-refractivity contribution in [3.63, 3.8) is 0 Å². The van der Waals surface area contributed by atoms with Crippen molar-refractivity contribution in [2.45, 2.75) is 231 Å². The second-order valence-corrected chi connectivity index (χ2v) is 17.3. The second-order valence-electron chi connectivity index (χ2n) is 17.3. The number of amides is 1. The monoisotopic (exact) mass is 755 g/mol. The Labute approximate surface area is 336 Å². The van der Waals surface area contributed by atoms with E-state index in [4.69, 9.17) is 9.47 Å². The number of ether oxygens (including phenoxy) is 2. The van der Waals surface area contributed by atoms with Crippen LogP contribution in [0, 0.1) is 0 Å².